The van der Waals surface area contributed by atoms with Crippen molar-refractivity contribution in [1.29, 1.82) is 0 Å². The summed E-state index contributed by atoms with van der Waals surface area (Å²) in [4.78, 5) is 35.1. The first-order valence-electron chi connectivity index (χ1n) is 11.5. The number of rotatable bonds is 7. The van der Waals surface area contributed by atoms with E-state index >= 15 is 0 Å². The maximum atomic E-state index is 12.7. The van der Waals surface area contributed by atoms with Crippen molar-refractivity contribution in [3.05, 3.63) is 74.6 Å². The quantitative estimate of drug-likeness (QED) is 0.344. The third kappa shape index (κ3) is 4.70. The zero-order chi connectivity index (χ0) is 22.8. The molecule has 2 heterocycles. The summed E-state index contributed by atoms with van der Waals surface area (Å²) in [6.07, 6.45) is 4.82. The molecular weight excluding hydrogens is 450 g/mol. The number of aryl methyl sites for hydroxylation is 2. The molecule has 0 saturated heterocycles. The minimum atomic E-state index is -0.0566. The number of H-pyrrole nitrogens is 1. The molecule has 4 aromatic rings. The van der Waals surface area contributed by atoms with Gasteiger partial charge in [0.2, 0.25) is 5.91 Å². The average Bonchev–Trinajstić information content (AvgIpc) is 3.20. The van der Waals surface area contributed by atoms with Crippen LogP contribution in [0.4, 0.5) is 0 Å². The third-order valence-corrected chi connectivity index (χ3v) is 8.41. The molecule has 7 heteroatoms. The van der Waals surface area contributed by atoms with Crippen LogP contribution in [0.5, 0.6) is 0 Å². The monoisotopic (exact) mass is 477 g/mol. The SMILES string of the molecule is CC(NC(=O)CCSCc1nc2sc3c(c2c(=O)[nH]1)CCCC3)c1cccc2ccccc12. The van der Waals surface area contributed by atoms with E-state index in [4.69, 9.17) is 4.98 Å². The Bertz CT molecular complexity index is 1370. The van der Waals surface area contributed by atoms with Crippen LogP contribution >= 0.6 is 23.1 Å². The van der Waals surface area contributed by atoms with Gasteiger partial charge in [0.1, 0.15) is 10.7 Å². The molecule has 0 bridgehead atoms. The van der Waals surface area contributed by atoms with Gasteiger partial charge >= 0.3 is 0 Å². The van der Waals surface area contributed by atoms with Gasteiger partial charge in [0.15, 0.2) is 0 Å². The van der Waals surface area contributed by atoms with Gasteiger partial charge in [0.05, 0.1) is 17.2 Å². The predicted molar refractivity (Wildman–Crippen MR) is 138 cm³/mol. The highest BCUT2D eigenvalue weighted by atomic mass is 32.2. The van der Waals surface area contributed by atoms with E-state index in [1.165, 1.54) is 27.6 Å². The number of carbonyl (C=O) groups is 1. The second kappa shape index (κ2) is 9.69. The van der Waals surface area contributed by atoms with E-state index in [9.17, 15) is 9.59 Å². The van der Waals surface area contributed by atoms with E-state index in [0.717, 1.165) is 35.0 Å². The molecule has 2 aromatic heterocycles. The Hall–Kier alpha value is -2.64. The van der Waals surface area contributed by atoms with E-state index < -0.39 is 0 Å². The van der Waals surface area contributed by atoms with Crippen molar-refractivity contribution in [1.82, 2.24) is 15.3 Å². The lowest BCUT2D eigenvalue weighted by atomic mass is 9.97. The Morgan fingerprint density at radius 1 is 1.18 bits per heavy atom. The number of carbonyl (C=O) groups excluding carboxylic acids is 1. The lowest BCUT2D eigenvalue weighted by Crippen LogP contribution is -2.27. The lowest BCUT2D eigenvalue weighted by Gasteiger charge is -2.16. The minimum absolute atomic E-state index is 0.0170. The molecule has 0 spiro atoms. The molecule has 5 rings (SSSR count). The molecule has 0 radical (unpaired) electrons. The van der Waals surface area contributed by atoms with E-state index in [0.29, 0.717) is 23.8 Å². The molecule has 33 heavy (non-hydrogen) atoms. The zero-order valence-electron chi connectivity index (χ0n) is 18.6. The molecule has 0 fully saturated rings. The highest BCUT2D eigenvalue weighted by Gasteiger charge is 2.19. The molecule has 5 nitrogen and oxygen atoms in total. The number of aromatic amines is 1. The number of benzene rings is 2. The molecule has 2 N–H and O–H groups in total. The van der Waals surface area contributed by atoms with Crippen molar-refractivity contribution in [3.63, 3.8) is 0 Å². The Morgan fingerprint density at radius 2 is 2.00 bits per heavy atom. The average molecular weight is 478 g/mol. The number of aromatic nitrogens is 2. The van der Waals surface area contributed by atoms with Crippen LogP contribution in [0.2, 0.25) is 0 Å². The van der Waals surface area contributed by atoms with Crippen molar-refractivity contribution in [2.45, 2.75) is 50.8 Å². The molecule has 170 valence electrons. The predicted octanol–water partition coefficient (Wildman–Crippen LogP) is 5.52. The highest BCUT2D eigenvalue weighted by molar-refractivity contribution is 7.98. The summed E-state index contributed by atoms with van der Waals surface area (Å²) in [6.45, 7) is 2.03. The first-order valence-corrected chi connectivity index (χ1v) is 13.5. The van der Waals surface area contributed by atoms with Crippen molar-refractivity contribution < 1.29 is 4.79 Å². The molecule has 0 aliphatic heterocycles. The van der Waals surface area contributed by atoms with Crippen LogP contribution in [-0.2, 0) is 23.4 Å². The van der Waals surface area contributed by atoms with Crippen molar-refractivity contribution in [3.8, 4) is 0 Å². The van der Waals surface area contributed by atoms with Gasteiger partial charge in [-0.05, 0) is 54.5 Å². The minimum Gasteiger partial charge on any atom is -0.350 e. The van der Waals surface area contributed by atoms with Gasteiger partial charge in [0.25, 0.3) is 5.56 Å². The van der Waals surface area contributed by atoms with Crippen molar-refractivity contribution in [2.75, 3.05) is 5.75 Å². The lowest BCUT2D eigenvalue weighted by molar-refractivity contribution is -0.121. The number of amides is 1. The van der Waals surface area contributed by atoms with Crippen LogP contribution in [-0.4, -0.2) is 21.6 Å². The fourth-order valence-corrected chi connectivity index (χ4v) is 6.72. The van der Waals surface area contributed by atoms with Gasteiger partial charge in [-0.2, -0.15) is 11.8 Å². The number of hydrogen-bond acceptors (Lipinski definition) is 5. The molecule has 1 aliphatic rings. The smallest absolute Gasteiger partial charge is 0.259 e. The van der Waals surface area contributed by atoms with Crippen LogP contribution in [0.1, 0.15) is 54.1 Å². The fraction of sp³-hybridized carbons (Fsp3) is 0.346. The van der Waals surface area contributed by atoms with Gasteiger partial charge in [-0.3, -0.25) is 9.59 Å². The highest BCUT2D eigenvalue weighted by Crippen LogP contribution is 2.33. The van der Waals surface area contributed by atoms with E-state index in [1.54, 1.807) is 23.1 Å². The van der Waals surface area contributed by atoms with Crippen molar-refractivity contribution >= 4 is 50.0 Å². The van der Waals surface area contributed by atoms with Gasteiger partial charge in [-0.25, -0.2) is 4.98 Å². The molecule has 0 saturated carbocycles. The molecule has 2 aromatic carbocycles. The van der Waals surface area contributed by atoms with Crippen LogP contribution in [0.3, 0.4) is 0 Å². The van der Waals surface area contributed by atoms with Crippen LogP contribution in [0, 0.1) is 0 Å². The first kappa shape index (κ1) is 22.2. The first-order chi connectivity index (χ1) is 16.1. The molecule has 1 amide bonds. The van der Waals surface area contributed by atoms with Gasteiger partial charge < -0.3 is 10.3 Å². The summed E-state index contributed by atoms with van der Waals surface area (Å²) in [5.74, 6) is 2.00. The number of thiophene rings is 1. The normalized spacial score (nSPS) is 14.3. The summed E-state index contributed by atoms with van der Waals surface area (Å²) >= 11 is 3.30. The molecular formula is C26H27N3O2S2. The second-order valence-corrected chi connectivity index (χ2v) is 10.8. The summed E-state index contributed by atoms with van der Waals surface area (Å²) in [5.41, 5.74) is 2.32. The van der Waals surface area contributed by atoms with Gasteiger partial charge in [0, 0.05) is 17.1 Å². The van der Waals surface area contributed by atoms with Crippen molar-refractivity contribution in [2.24, 2.45) is 0 Å². The zero-order valence-corrected chi connectivity index (χ0v) is 20.3. The van der Waals surface area contributed by atoms with Gasteiger partial charge in [-0.15, -0.1) is 11.3 Å². The fourth-order valence-electron chi connectivity index (χ4n) is 4.63. The number of nitrogens with zero attached hydrogens (tertiary/aromatic N) is 1. The number of thioether (sulfide) groups is 1. The van der Waals surface area contributed by atoms with Crippen LogP contribution in [0.25, 0.3) is 21.0 Å². The molecule has 1 atom stereocenters. The van der Waals surface area contributed by atoms with E-state index in [2.05, 4.69) is 34.6 Å². The summed E-state index contributed by atoms with van der Waals surface area (Å²) in [7, 11) is 0. The van der Waals surface area contributed by atoms with E-state index in [1.807, 2.05) is 25.1 Å². The standard InChI is InChI=1S/C26H27N3O2S2/c1-16(18-11-6-8-17-7-2-3-9-19(17)18)27-23(30)13-14-32-15-22-28-25(31)24-20-10-4-5-12-21(20)33-26(24)29-22/h2-3,6-9,11,16H,4-5,10,12-15H2,1H3,(H,27,30)(H,28,29,31). The topological polar surface area (TPSA) is 74.8 Å². The summed E-state index contributed by atoms with van der Waals surface area (Å²) in [5, 5.41) is 6.27. The Labute approximate surface area is 201 Å². The summed E-state index contributed by atoms with van der Waals surface area (Å²) in [6, 6.07) is 14.4. The Kier molecular flexibility index (Phi) is 6.51. The van der Waals surface area contributed by atoms with Gasteiger partial charge in [-0.1, -0.05) is 42.5 Å². The maximum Gasteiger partial charge on any atom is 0.259 e. The Morgan fingerprint density at radius 3 is 2.91 bits per heavy atom. The molecule has 1 aliphatic carbocycles. The largest absolute Gasteiger partial charge is 0.350 e. The van der Waals surface area contributed by atoms with Crippen LogP contribution in [0.15, 0.2) is 47.3 Å². The third-order valence-electron chi connectivity index (χ3n) is 6.25. The number of nitrogens with one attached hydrogen (secondary N) is 2. The number of hydrogen-bond donors (Lipinski definition) is 2. The summed E-state index contributed by atoms with van der Waals surface area (Å²) < 4.78 is 0. The second-order valence-electron chi connectivity index (χ2n) is 8.56. The number of fused-ring (bicyclic) bond motifs is 4. The molecule has 1 unspecified atom stereocenters. The maximum absolute atomic E-state index is 12.7. The van der Waals surface area contributed by atoms with E-state index in [-0.39, 0.29) is 17.5 Å². The van der Waals surface area contributed by atoms with Crippen LogP contribution < -0.4 is 10.9 Å². The Balaban J connectivity index is 1.16.